The fourth-order valence-corrected chi connectivity index (χ4v) is 1.44. The first-order valence-electron chi connectivity index (χ1n) is 5.67. The molecule has 0 radical (unpaired) electrons. The van der Waals surface area contributed by atoms with Crippen LogP contribution >= 0.6 is 0 Å². The Morgan fingerprint density at radius 3 is 2.44 bits per heavy atom. The van der Waals surface area contributed by atoms with Gasteiger partial charge in [0, 0.05) is 0 Å². The van der Waals surface area contributed by atoms with Crippen LogP contribution in [0.25, 0.3) is 0 Å². The molecule has 88 valence electrons. The average molecular weight is 220 g/mol. The molecule has 1 aromatic carbocycles. The summed E-state index contributed by atoms with van der Waals surface area (Å²) in [6, 6.07) is 7.73. The number of amides is 1. The van der Waals surface area contributed by atoms with Crippen molar-refractivity contribution in [2.24, 2.45) is 5.73 Å². The van der Waals surface area contributed by atoms with Crippen LogP contribution in [0.3, 0.4) is 0 Å². The van der Waals surface area contributed by atoms with Crippen LogP contribution in [-0.4, -0.2) is 11.9 Å². The van der Waals surface area contributed by atoms with Crippen LogP contribution in [0.1, 0.15) is 37.4 Å². The molecule has 2 atom stereocenters. The molecule has 0 saturated carbocycles. The summed E-state index contributed by atoms with van der Waals surface area (Å²) in [6.07, 6.45) is 0.659. The third-order valence-electron chi connectivity index (χ3n) is 2.71. The lowest BCUT2D eigenvalue weighted by atomic mass is 10.1. The molecule has 3 N–H and O–H groups in total. The van der Waals surface area contributed by atoms with Gasteiger partial charge in [-0.05, 0) is 25.8 Å². The Morgan fingerprint density at radius 1 is 1.38 bits per heavy atom. The summed E-state index contributed by atoms with van der Waals surface area (Å²) in [5.41, 5.74) is 7.97. The highest BCUT2D eigenvalue weighted by molar-refractivity contribution is 5.81. The predicted octanol–water partition coefficient (Wildman–Crippen LogP) is 1.91. The highest BCUT2D eigenvalue weighted by Crippen LogP contribution is 2.13. The van der Waals surface area contributed by atoms with Crippen molar-refractivity contribution < 1.29 is 4.79 Å². The van der Waals surface area contributed by atoms with Gasteiger partial charge in [-0.25, -0.2) is 0 Å². The van der Waals surface area contributed by atoms with E-state index >= 15 is 0 Å². The largest absolute Gasteiger partial charge is 0.348 e. The highest BCUT2D eigenvalue weighted by Gasteiger charge is 2.14. The molecule has 0 aliphatic heterocycles. The van der Waals surface area contributed by atoms with Gasteiger partial charge in [0.25, 0.3) is 0 Å². The Morgan fingerprint density at radius 2 is 1.94 bits per heavy atom. The van der Waals surface area contributed by atoms with Gasteiger partial charge in [-0.1, -0.05) is 36.8 Å². The number of carbonyl (C=O) groups is 1. The topological polar surface area (TPSA) is 55.1 Å². The van der Waals surface area contributed by atoms with Gasteiger partial charge in [-0.3, -0.25) is 4.79 Å². The number of hydrogen-bond acceptors (Lipinski definition) is 2. The fraction of sp³-hybridized carbons (Fsp3) is 0.462. The second kappa shape index (κ2) is 5.66. The van der Waals surface area contributed by atoms with Gasteiger partial charge in [0.15, 0.2) is 0 Å². The van der Waals surface area contributed by atoms with Crippen LogP contribution in [0.5, 0.6) is 0 Å². The van der Waals surface area contributed by atoms with Crippen molar-refractivity contribution in [2.75, 3.05) is 0 Å². The summed E-state index contributed by atoms with van der Waals surface area (Å²) in [4.78, 5) is 11.6. The molecular weight excluding hydrogens is 200 g/mol. The molecular formula is C13H20N2O. The summed E-state index contributed by atoms with van der Waals surface area (Å²) >= 11 is 0. The second-order valence-electron chi connectivity index (χ2n) is 4.16. The summed E-state index contributed by atoms with van der Waals surface area (Å²) < 4.78 is 0. The van der Waals surface area contributed by atoms with E-state index in [4.69, 9.17) is 5.73 Å². The van der Waals surface area contributed by atoms with Gasteiger partial charge in [0.2, 0.25) is 5.91 Å². The minimum Gasteiger partial charge on any atom is -0.348 e. The molecule has 0 saturated heterocycles. The Kier molecular flexibility index (Phi) is 4.50. The Balaban J connectivity index is 2.62. The van der Waals surface area contributed by atoms with Crippen LogP contribution < -0.4 is 11.1 Å². The van der Waals surface area contributed by atoms with E-state index in [2.05, 4.69) is 5.32 Å². The first-order chi connectivity index (χ1) is 7.54. The molecule has 0 aliphatic carbocycles. The fourth-order valence-electron chi connectivity index (χ4n) is 1.44. The Bertz CT molecular complexity index is 345. The smallest absolute Gasteiger partial charge is 0.237 e. The minimum absolute atomic E-state index is 0.00528. The molecule has 0 aromatic heterocycles. The highest BCUT2D eigenvalue weighted by atomic mass is 16.2. The van der Waals surface area contributed by atoms with Crippen molar-refractivity contribution >= 4 is 5.91 Å². The second-order valence-corrected chi connectivity index (χ2v) is 4.16. The zero-order valence-corrected chi connectivity index (χ0v) is 10.2. The van der Waals surface area contributed by atoms with E-state index in [1.54, 1.807) is 0 Å². The number of nitrogens with two attached hydrogens (primary N) is 1. The molecule has 1 aromatic rings. The van der Waals surface area contributed by atoms with E-state index in [-0.39, 0.29) is 11.9 Å². The maximum atomic E-state index is 11.6. The van der Waals surface area contributed by atoms with E-state index in [0.29, 0.717) is 6.42 Å². The summed E-state index contributed by atoms with van der Waals surface area (Å²) in [5.74, 6) is -0.0874. The van der Waals surface area contributed by atoms with Crippen LogP contribution in [0.15, 0.2) is 24.3 Å². The molecule has 3 nitrogen and oxygen atoms in total. The first kappa shape index (κ1) is 12.7. The number of carbonyl (C=O) groups excluding carboxylic acids is 1. The lowest BCUT2D eigenvalue weighted by Gasteiger charge is -2.17. The normalized spacial score (nSPS) is 14.2. The summed E-state index contributed by atoms with van der Waals surface area (Å²) in [6.45, 7) is 5.91. The van der Waals surface area contributed by atoms with Crippen LogP contribution in [0.4, 0.5) is 0 Å². The number of nitrogens with one attached hydrogen (secondary N) is 1. The average Bonchev–Trinajstić information content (AvgIpc) is 2.28. The predicted molar refractivity (Wildman–Crippen MR) is 66.0 cm³/mol. The third-order valence-corrected chi connectivity index (χ3v) is 2.71. The van der Waals surface area contributed by atoms with Gasteiger partial charge in [0.05, 0.1) is 12.1 Å². The zero-order valence-electron chi connectivity index (χ0n) is 10.2. The molecule has 1 rings (SSSR count). The van der Waals surface area contributed by atoms with Crippen molar-refractivity contribution in [3.63, 3.8) is 0 Å². The van der Waals surface area contributed by atoms with Crippen molar-refractivity contribution in [2.45, 2.75) is 39.3 Å². The van der Waals surface area contributed by atoms with E-state index in [1.807, 2.05) is 45.0 Å². The molecule has 0 aliphatic rings. The summed E-state index contributed by atoms with van der Waals surface area (Å²) in [7, 11) is 0. The lowest BCUT2D eigenvalue weighted by molar-refractivity contribution is -0.123. The Hall–Kier alpha value is -1.35. The SMILES string of the molecule is CCC(N)C(=O)N[C@H](C)c1ccc(C)cc1. The molecule has 3 heteroatoms. The van der Waals surface area contributed by atoms with Crippen molar-refractivity contribution in [3.05, 3.63) is 35.4 Å². The number of aryl methyl sites for hydroxylation is 1. The van der Waals surface area contributed by atoms with E-state index in [0.717, 1.165) is 5.56 Å². The molecule has 1 unspecified atom stereocenters. The maximum absolute atomic E-state index is 11.6. The van der Waals surface area contributed by atoms with E-state index in [1.165, 1.54) is 5.56 Å². The molecule has 0 spiro atoms. The third kappa shape index (κ3) is 3.35. The molecule has 0 fully saturated rings. The van der Waals surface area contributed by atoms with Crippen molar-refractivity contribution in [1.29, 1.82) is 0 Å². The van der Waals surface area contributed by atoms with Crippen molar-refractivity contribution in [3.8, 4) is 0 Å². The molecule has 0 bridgehead atoms. The van der Waals surface area contributed by atoms with Gasteiger partial charge < -0.3 is 11.1 Å². The minimum atomic E-state index is -0.409. The van der Waals surface area contributed by atoms with Gasteiger partial charge in [-0.2, -0.15) is 0 Å². The van der Waals surface area contributed by atoms with Crippen LogP contribution in [0, 0.1) is 6.92 Å². The zero-order chi connectivity index (χ0) is 12.1. The van der Waals surface area contributed by atoms with Crippen LogP contribution in [-0.2, 0) is 4.79 Å². The number of hydrogen-bond donors (Lipinski definition) is 2. The van der Waals surface area contributed by atoms with Gasteiger partial charge >= 0.3 is 0 Å². The number of rotatable bonds is 4. The summed E-state index contributed by atoms with van der Waals surface area (Å²) in [5, 5.41) is 2.90. The van der Waals surface area contributed by atoms with Gasteiger partial charge in [0.1, 0.15) is 0 Å². The maximum Gasteiger partial charge on any atom is 0.237 e. The monoisotopic (exact) mass is 220 g/mol. The van der Waals surface area contributed by atoms with Gasteiger partial charge in [-0.15, -0.1) is 0 Å². The lowest BCUT2D eigenvalue weighted by Crippen LogP contribution is -2.41. The van der Waals surface area contributed by atoms with E-state index < -0.39 is 6.04 Å². The molecule has 1 amide bonds. The number of benzene rings is 1. The quantitative estimate of drug-likeness (QED) is 0.814. The Labute approximate surface area is 97.0 Å². The molecule has 16 heavy (non-hydrogen) atoms. The standard InChI is InChI=1S/C13H20N2O/c1-4-12(14)13(16)15-10(3)11-7-5-9(2)6-8-11/h5-8,10,12H,4,14H2,1-3H3,(H,15,16)/t10-,12?/m1/s1. The van der Waals surface area contributed by atoms with E-state index in [9.17, 15) is 4.79 Å². The van der Waals surface area contributed by atoms with Crippen molar-refractivity contribution in [1.82, 2.24) is 5.32 Å². The molecule has 0 heterocycles. The first-order valence-corrected chi connectivity index (χ1v) is 5.67. The van der Waals surface area contributed by atoms with Crippen LogP contribution in [0.2, 0.25) is 0 Å².